The van der Waals surface area contributed by atoms with E-state index in [1.165, 1.54) is 0 Å². The molecule has 120 valence electrons. The van der Waals surface area contributed by atoms with E-state index in [1.807, 2.05) is 0 Å². The van der Waals surface area contributed by atoms with Gasteiger partial charge in [0.25, 0.3) is 0 Å². The van der Waals surface area contributed by atoms with E-state index >= 15 is 0 Å². The summed E-state index contributed by atoms with van der Waals surface area (Å²) < 4.78 is 53.3. The van der Waals surface area contributed by atoms with Crippen molar-refractivity contribution in [3.05, 3.63) is 23.8 Å². The van der Waals surface area contributed by atoms with Crippen LogP contribution in [0.4, 0.5) is 14.5 Å². The van der Waals surface area contributed by atoms with Crippen molar-refractivity contribution < 1.29 is 17.2 Å². The van der Waals surface area contributed by atoms with Gasteiger partial charge in [0.1, 0.15) is 16.5 Å². The number of hydrogen-bond donors (Lipinski definition) is 2. The summed E-state index contributed by atoms with van der Waals surface area (Å²) in [6.45, 7) is 5.89. The highest BCUT2D eigenvalue weighted by Crippen LogP contribution is 2.21. The number of nitrogens with one attached hydrogen (secondary N) is 1. The lowest BCUT2D eigenvalue weighted by Gasteiger charge is -2.15. The predicted molar refractivity (Wildman–Crippen MR) is 79.2 cm³/mol. The van der Waals surface area contributed by atoms with Crippen molar-refractivity contribution in [1.82, 2.24) is 4.72 Å². The molecule has 4 nitrogen and oxygen atoms in total. The lowest BCUT2D eigenvalue weighted by atomic mass is 10.0. The molecule has 7 heteroatoms. The SMILES string of the molecule is CC(C)CCCC(C)NS(=O)(=O)c1cc(N)c(F)cc1F. The van der Waals surface area contributed by atoms with Crippen LogP contribution in [0.2, 0.25) is 0 Å². The first kappa shape index (κ1) is 17.8. The fourth-order valence-corrected chi connectivity index (χ4v) is 3.34. The van der Waals surface area contributed by atoms with Crippen LogP contribution in [0, 0.1) is 17.6 Å². The number of halogens is 2. The molecule has 0 amide bonds. The van der Waals surface area contributed by atoms with Gasteiger partial charge in [0.15, 0.2) is 0 Å². The lowest BCUT2D eigenvalue weighted by molar-refractivity contribution is 0.485. The number of nitrogens with two attached hydrogens (primary N) is 1. The fourth-order valence-electron chi connectivity index (χ4n) is 1.97. The second kappa shape index (κ2) is 7.17. The largest absolute Gasteiger partial charge is 0.396 e. The average Bonchev–Trinajstić information content (AvgIpc) is 2.32. The third kappa shape index (κ3) is 5.24. The molecule has 1 rings (SSSR count). The van der Waals surface area contributed by atoms with E-state index in [9.17, 15) is 17.2 Å². The molecule has 0 aliphatic carbocycles. The minimum atomic E-state index is -4.05. The molecule has 0 heterocycles. The van der Waals surface area contributed by atoms with E-state index < -0.39 is 32.2 Å². The number of nitrogen functional groups attached to an aromatic ring is 1. The van der Waals surface area contributed by atoms with Gasteiger partial charge in [-0.1, -0.05) is 26.7 Å². The number of rotatable bonds is 7. The number of anilines is 1. The van der Waals surface area contributed by atoms with Gasteiger partial charge in [-0.2, -0.15) is 0 Å². The maximum atomic E-state index is 13.6. The first-order chi connectivity index (χ1) is 9.63. The Kier molecular flexibility index (Phi) is 6.10. The van der Waals surface area contributed by atoms with E-state index in [4.69, 9.17) is 5.73 Å². The molecule has 1 unspecified atom stereocenters. The summed E-state index contributed by atoms with van der Waals surface area (Å²) in [7, 11) is -4.05. The van der Waals surface area contributed by atoms with Gasteiger partial charge < -0.3 is 5.73 Å². The first-order valence-electron chi connectivity index (χ1n) is 6.90. The Hall–Kier alpha value is -1.21. The Morgan fingerprint density at radius 1 is 1.14 bits per heavy atom. The predicted octanol–water partition coefficient (Wildman–Crippen LogP) is 3.04. The third-order valence-electron chi connectivity index (χ3n) is 3.12. The number of hydrogen-bond acceptors (Lipinski definition) is 3. The van der Waals surface area contributed by atoms with Gasteiger partial charge >= 0.3 is 0 Å². The summed E-state index contributed by atoms with van der Waals surface area (Å²) in [5.41, 5.74) is 4.90. The zero-order chi connectivity index (χ0) is 16.2. The standard InChI is InChI=1S/C14H22F2N2O2S/c1-9(2)5-4-6-10(3)18-21(19,20)14-8-13(17)11(15)7-12(14)16/h7-10,18H,4-6,17H2,1-3H3. The number of benzene rings is 1. The molecule has 0 aliphatic heterocycles. The lowest BCUT2D eigenvalue weighted by Crippen LogP contribution is -2.33. The molecule has 1 atom stereocenters. The molecular formula is C14H22F2N2O2S. The first-order valence-corrected chi connectivity index (χ1v) is 8.38. The van der Waals surface area contributed by atoms with Crippen LogP contribution >= 0.6 is 0 Å². The van der Waals surface area contributed by atoms with Crippen LogP contribution in [0.25, 0.3) is 0 Å². The van der Waals surface area contributed by atoms with Gasteiger partial charge in [-0.05, 0) is 25.3 Å². The fraction of sp³-hybridized carbons (Fsp3) is 0.571. The van der Waals surface area contributed by atoms with Crippen molar-refractivity contribution in [3.63, 3.8) is 0 Å². The minimum absolute atomic E-state index is 0.334. The summed E-state index contributed by atoms with van der Waals surface area (Å²) in [5, 5.41) is 0. The zero-order valence-electron chi connectivity index (χ0n) is 12.5. The Bertz CT molecular complexity index is 589. The summed E-state index contributed by atoms with van der Waals surface area (Å²) >= 11 is 0. The molecule has 0 aromatic heterocycles. The molecule has 0 radical (unpaired) electrons. The van der Waals surface area contributed by atoms with Crippen LogP contribution in [0.1, 0.15) is 40.0 Å². The Balaban J connectivity index is 2.80. The third-order valence-corrected chi connectivity index (χ3v) is 4.72. The molecule has 0 saturated heterocycles. The summed E-state index contributed by atoms with van der Waals surface area (Å²) in [5.74, 6) is -1.58. The van der Waals surface area contributed by atoms with Crippen LogP contribution in [-0.4, -0.2) is 14.5 Å². The molecule has 0 aliphatic rings. The van der Waals surface area contributed by atoms with E-state index in [0.717, 1.165) is 18.9 Å². The summed E-state index contributed by atoms with van der Waals surface area (Å²) in [6.07, 6.45) is 2.51. The zero-order valence-corrected chi connectivity index (χ0v) is 13.3. The molecule has 0 saturated carbocycles. The van der Waals surface area contributed by atoms with E-state index in [2.05, 4.69) is 18.6 Å². The molecule has 1 aromatic rings. The normalized spacial score (nSPS) is 13.6. The van der Waals surface area contributed by atoms with Gasteiger partial charge in [-0.25, -0.2) is 21.9 Å². The highest BCUT2D eigenvalue weighted by Gasteiger charge is 2.23. The molecule has 21 heavy (non-hydrogen) atoms. The summed E-state index contributed by atoms with van der Waals surface area (Å²) in [4.78, 5) is -0.628. The number of sulfonamides is 1. The minimum Gasteiger partial charge on any atom is -0.396 e. The smallest absolute Gasteiger partial charge is 0.243 e. The van der Waals surface area contributed by atoms with Crippen molar-refractivity contribution >= 4 is 15.7 Å². The van der Waals surface area contributed by atoms with Crippen LogP contribution in [0.5, 0.6) is 0 Å². The van der Waals surface area contributed by atoms with Crippen molar-refractivity contribution in [1.29, 1.82) is 0 Å². The van der Waals surface area contributed by atoms with E-state index in [0.29, 0.717) is 18.4 Å². The molecule has 1 aromatic carbocycles. The molecule has 0 fully saturated rings. The van der Waals surface area contributed by atoms with Gasteiger partial charge in [-0.15, -0.1) is 0 Å². The van der Waals surface area contributed by atoms with Crippen LogP contribution in [0.3, 0.4) is 0 Å². The Morgan fingerprint density at radius 2 is 1.76 bits per heavy atom. The van der Waals surface area contributed by atoms with Gasteiger partial charge in [0, 0.05) is 12.1 Å². The van der Waals surface area contributed by atoms with Gasteiger partial charge in [0.2, 0.25) is 10.0 Å². The van der Waals surface area contributed by atoms with Crippen LogP contribution in [-0.2, 0) is 10.0 Å². The summed E-state index contributed by atoms with van der Waals surface area (Å²) in [6, 6.07) is 0.945. The van der Waals surface area contributed by atoms with E-state index in [-0.39, 0.29) is 6.04 Å². The van der Waals surface area contributed by atoms with Crippen molar-refractivity contribution in [3.8, 4) is 0 Å². The molecular weight excluding hydrogens is 298 g/mol. The maximum absolute atomic E-state index is 13.6. The van der Waals surface area contributed by atoms with Gasteiger partial charge in [-0.3, -0.25) is 0 Å². The van der Waals surface area contributed by atoms with Crippen LogP contribution < -0.4 is 10.5 Å². The average molecular weight is 320 g/mol. The second-order valence-electron chi connectivity index (χ2n) is 5.65. The second-order valence-corrected chi connectivity index (χ2v) is 7.33. The highest BCUT2D eigenvalue weighted by molar-refractivity contribution is 7.89. The molecule has 3 N–H and O–H groups in total. The molecule has 0 spiro atoms. The quantitative estimate of drug-likeness (QED) is 0.759. The highest BCUT2D eigenvalue weighted by atomic mass is 32.2. The Morgan fingerprint density at radius 3 is 2.33 bits per heavy atom. The monoisotopic (exact) mass is 320 g/mol. The topological polar surface area (TPSA) is 72.2 Å². The van der Waals surface area contributed by atoms with E-state index in [1.54, 1.807) is 6.92 Å². The van der Waals surface area contributed by atoms with Crippen molar-refractivity contribution in [2.24, 2.45) is 5.92 Å². The van der Waals surface area contributed by atoms with Crippen LogP contribution in [0.15, 0.2) is 17.0 Å². The van der Waals surface area contributed by atoms with Gasteiger partial charge in [0.05, 0.1) is 5.69 Å². The van der Waals surface area contributed by atoms with Crippen molar-refractivity contribution in [2.75, 3.05) is 5.73 Å². The Labute approximate surface area is 124 Å². The molecule has 0 bridgehead atoms. The van der Waals surface area contributed by atoms with Crippen molar-refractivity contribution in [2.45, 2.75) is 51.0 Å². The maximum Gasteiger partial charge on any atom is 0.243 e.